The second-order valence-corrected chi connectivity index (χ2v) is 5.64. The molecule has 1 aliphatic rings. The lowest BCUT2D eigenvalue weighted by molar-refractivity contribution is -0.117. The van der Waals surface area contributed by atoms with Crippen LogP contribution in [0.5, 0.6) is 0 Å². The molecule has 22 heavy (non-hydrogen) atoms. The summed E-state index contributed by atoms with van der Waals surface area (Å²) < 4.78 is 0. The maximum Gasteiger partial charge on any atom is 0.248 e. The van der Waals surface area contributed by atoms with E-state index in [9.17, 15) is 9.59 Å². The van der Waals surface area contributed by atoms with Crippen LogP contribution in [0.1, 0.15) is 22.3 Å². The van der Waals surface area contributed by atoms with E-state index in [0.717, 1.165) is 11.3 Å². The maximum atomic E-state index is 12.2. The van der Waals surface area contributed by atoms with Crippen LogP contribution in [-0.4, -0.2) is 18.4 Å². The quantitative estimate of drug-likeness (QED) is 0.941. The number of carbonyl (C=O) groups excluding carboxylic acids is 2. The zero-order chi connectivity index (χ0) is 15.5. The summed E-state index contributed by atoms with van der Waals surface area (Å²) in [5.41, 5.74) is 7.82. The Bertz CT molecular complexity index is 697. The van der Waals surface area contributed by atoms with E-state index < -0.39 is 5.91 Å². The smallest absolute Gasteiger partial charge is 0.248 e. The lowest BCUT2D eigenvalue weighted by atomic mass is 9.94. The Hall–Kier alpha value is -2.62. The van der Waals surface area contributed by atoms with Crippen molar-refractivity contribution in [3.8, 4) is 0 Å². The normalized spacial score (nSPS) is 17.7. The number of rotatable bonds is 4. The van der Waals surface area contributed by atoms with Crippen LogP contribution in [0.25, 0.3) is 0 Å². The summed E-state index contributed by atoms with van der Waals surface area (Å²) in [4.78, 5) is 25.5. The van der Waals surface area contributed by atoms with Gasteiger partial charge in [-0.15, -0.1) is 0 Å². The Balaban J connectivity index is 1.76. The van der Waals surface area contributed by atoms with Crippen molar-refractivity contribution < 1.29 is 9.59 Å². The van der Waals surface area contributed by atoms with Gasteiger partial charge in [-0.2, -0.15) is 0 Å². The molecule has 2 aromatic carbocycles. The van der Waals surface area contributed by atoms with Gasteiger partial charge in [0.05, 0.1) is 0 Å². The number of carbonyl (C=O) groups is 2. The van der Waals surface area contributed by atoms with Crippen LogP contribution >= 0.6 is 0 Å². The highest BCUT2D eigenvalue weighted by molar-refractivity contribution is 5.96. The highest BCUT2D eigenvalue weighted by Crippen LogP contribution is 2.27. The zero-order valence-corrected chi connectivity index (χ0v) is 12.2. The Morgan fingerprint density at radius 1 is 1.09 bits per heavy atom. The molecule has 2 amide bonds. The number of para-hydroxylation sites is 1. The first-order valence-electron chi connectivity index (χ1n) is 7.38. The van der Waals surface area contributed by atoms with E-state index in [1.54, 1.807) is 12.1 Å². The molecule has 4 heteroatoms. The molecule has 1 unspecified atom stereocenters. The third-order valence-electron chi connectivity index (χ3n) is 4.06. The molecule has 1 saturated heterocycles. The number of anilines is 1. The average Bonchev–Trinajstić information content (AvgIpc) is 2.89. The number of hydrogen-bond donors (Lipinski definition) is 1. The number of nitrogens with zero attached hydrogens (tertiary/aromatic N) is 1. The lowest BCUT2D eigenvalue weighted by Gasteiger charge is -2.17. The Morgan fingerprint density at radius 3 is 2.50 bits per heavy atom. The highest BCUT2D eigenvalue weighted by Gasteiger charge is 2.31. The number of primary amides is 1. The van der Waals surface area contributed by atoms with Gasteiger partial charge < -0.3 is 10.6 Å². The Labute approximate surface area is 129 Å². The summed E-state index contributed by atoms with van der Waals surface area (Å²) in [6.07, 6.45) is 1.19. The van der Waals surface area contributed by atoms with Gasteiger partial charge >= 0.3 is 0 Å². The predicted octanol–water partition coefficient (Wildman–Crippen LogP) is 2.38. The van der Waals surface area contributed by atoms with Crippen molar-refractivity contribution in [1.82, 2.24) is 0 Å². The third-order valence-corrected chi connectivity index (χ3v) is 4.06. The number of amides is 2. The molecule has 1 fully saturated rings. The zero-order valence-electron chi connectivity index (χ0n) is 12.2. The molecular weight excluding hydrogens is 276 g/mol. The third kappa shape index (κ3) is 2.86. The summed E-state index contributed by atoms with van der Waals surface area (Å²) >= 11 is 0. The molecule has 0 spiro atoms. The van der Waals surface area contributed by atoms with Crippen LogP contribution in [0, 0.1) is 5.92 Å². The van der Waals surface area contributed by atoms with Crippen LogP contribution in [0.3, 0.4) is 0 Å². The number of hydrogen-bond acceptors (Lipinski definition) is 2. The average molecular weight is 294 g/mol. The fourth-order valence-corrected chi connectivity index (χ4v) is 3.03. The van der Waals surface area contributed by atoms with Gasteiger partial charge in [0.15, 0.2) is 0 Å². The first kappa shape index (κ1) is 14.3. The van der Waals surface area contributed by atoms with Gasteiger partial charge in [0.25, 0.3) is 0 Å². The van der Waals surface area contributed by atoms with Crippen molar-refractivity contribution >= 4 is 17.5 Å². The Kier molecular flexibility index (Phi) is 3.92. The van der Waals surface area contributed by atoms with E-state index in [1.807, 2.05) is 47.4 Å². The molecule has 112 valence electrons. The van der Waals surface area contributed by atoms with Crippen LogP contribution in [0.15, 0.2) is 54.6 Å². The summed E-state index contributed by atoms with van der Waals surface area (Å²) in [6, 6.07) is 17.0. The van der Waals surface area contributed by atoms with Crippen molar-refractivity contribution in [2.45, 2.75) is 12.8 Å². The largest absolute Gasteiger partial charge is 0.366 e. The van der Waals surface area contributed by atoms with Gasteiger partial charge in [0, 0.05) is 24.2 Å². The molecule has 1 aliphatic heterocycles. The molecule has 2 N–H and O–H groups in total. The minimum absolute atomic E-state index is 0.132. The molecule has 0 saturated carbocycles. The van der Waals surface area contributed by atoms with Crippen molar-refractivity contribution in [2.75, 3.05) is 11.4 Å². The maximum absolute atomic E-state index is 12.2. The van der Waals surface area contributed by atoms with Crippen LogP contribution < -0.4 is 10.6 Å². The number of benzene rings is 2. The van der Waals surface area contributed by atoms with Gasteiger partial charge in [0.1, 0.15) is 0 Å². The van der Waals surface area contributed by atoms with E-state index in [1.165, 1.54) is 0 Å². The van der Waals surface area contributed by atoms with Crippen molar-refractivity contribution in [3.63, 3.8) is 0 Å². The van der Waals surface area contributed by atoms with Gasteiger partial charge in [-0.05, 0) is 36.1 Å². The molecule has 3 rings (SSSR count). The van der Waals surface area contributed by atoms with Crippen molar-refractivity contribution in [2.24, 2.45) is 11.7 Å². The lowest BCUT2D eigenvalue weighted by Crippen LogP contribution is -2.24. The van der Waals surface area contributed by atoms with Gasteiger partial charge in [-0.25, -0.2) is 0 Å². The second kappa shape index (κ2) is 6.02. The summed E-state index contributed by atoms with van der Waals surface area (Å²) in [6.45, 7) is 0.677. The fraction of sp³-hybridized carbons (Fsp3) is 0.222. The minimum atomic E-state index is -0.417. The number of nitrogens with two attached hydrogens (primary N) is 1. The summed E-state index contributed by atoms with van der Waals surface area (Å²) in [5.74, 6) is -0.0826. The van der Waals surface area contributed by atoms with E-state index in [-0.39, 0.29) is 11.8 Å². The highest BCUT2D eigenvalue weighted by atomic mass is 16.2. The fourth-order valence-electron chi connectivity index (χ4n) is 3.03. The van der Waals surface area contributed by atoms with Gasteiger partial charge in [-0.1, -0.05) is 36.4 Å². The first-order valence-corrected chi connectivity index (χ1v) is 7.38. The van der Waals surface area contributed by atoms with Crippen molar-refractivity contribution in [1.29, 1.82) is 0 Å². The molecule has 0 aromatic heterocycles. The van der Waals surface area contributed by atoms with Gasteiger partial charge in [0.2, 0.25) is 11.8 Å². The molecule has 2 aromatic rings. The van der Waals surface area contributed by atoms with E-state index in [2.05, 4.69) is 0 Å². The predicted molar refractivity (Wildman–Crippen MR) is 85.6 cm³/mol. The SMILES string of the molecule is NC(=O)c1ccccc1CC1CC(=O)N(c2ccccc2)C1. The molecule has 1 atom stereocenters. The molecule has 0 radical (unpaired) electrons. The van der Waals surface area contributed by atoms with Crippen molar-refractivity contribution in [3.05, 3.63) is 65.7 Å². The van der Waals surface area contributed by atoms with Crippen LogP contribution in [-0.2, 0) is 11.2 Å². The topological polar surface area (TPSA) is 63.4 Å². The van der Waals surface area contributed by atoms with E-state index >= 15 is 0 Å². The molecule has 0 bridgehead atoms. The second-order valence-electron chi connectivity index (χ2n) is 5.64. The first-order chi connectivity index (χ1) is 10.6. The summed E-state index contributed by atoms with van der Waals surface area (Å²) in [5, 5.41) is 0. The minimum Gasteiger partial charge on any atom is -0.366 e. The standard InChI is InChI=1S/C18H18N2O2/c19-18(22)16-9-5-4-6-14(16)10-13-11-17(21)20(12-13)15-7-2-1-3-8-15/h1-9,13H,10-12H2,(H2,19,22). The molecule has 0 aliphatic carbocycles. The van der Waals surface area contributed by atoms with Crippen LogP contribution in [0.2, 0.25) is 0 Å². The van der Waals surface area contributed by atoms with Crippen LogP contribution in [0.4, 0.5) is 5.69 Å². The summed E-state index contributed by atoms with van der Waals surface area (Å²) in [7, 11) is 0. The Morgan fingerprint density at radius 2 is 1.77 bits per heavy atom. The monoisotopic (exact) mass is 294 g/mol. The van der Waals surface area contributed by atoms with E-state index in [4.69, 9.17) is 5.73 Å². The molecule has 1 heterocycles. The molecular formula is C18H18N2O2. The van der Waals surface area contributed by atoms with Gasteiger partial charge in [-0.3, -0.25) is 9.59 Å². The molecule has 4 nitrogen and oxygen atoms in total. The van der Waals surface area contributed by atoms with E-state index in [0.29, 0.717) is 24.9 Å².